The lowest BCUT2D eigenvalue weighted by molar-refractivity contribution is 0.308. The molecule has 3 rings (SSSR count). The van der Waals surface area contributed by atoms with Gasteiger partial charge in [-0.15, -0.1) is 10.2 Å². The number of nitrogens with zero attached hydrogens (tertiary/aromatic N) is 2. The van der Waals surface area contributed by atoms with Gasteiger partial charge in [-0.1, -0.05) is 54.7 Å². The van der Waals surface area contributed by atoms with Crippen molar-refractivity contribution in [3.8, 4) is 5.75 Å². The Balaban J connectivity index is 1.70. The van der Waals surface area contributed by atoms with E-state index >= 15 is 0 Å². The van der Waals surface area contributed by atoms with E-state index in [-0.39, 0.29) is 0 Å². The predicted molar refractivity (Wildman–Crippen MR) is 87.0 cm³/mol. The summed E-state index contributed by atoms with van der Waals surface area (Å²) in [5, 5.41) is 15.5. The van der Waals surface area contributed by atoms with Crippen LogP contribution in [0.5, 0.6) is 5.75 Å². The molecule has 0 unspecified atom stereocenters. The quantitative estimate of drug-likeness (QED) is 0.744. The summed E-state index contributed by atoms with van der Waals surface area (Å²) in [6, 6.07) is 14.3. The number of fused-ring (bicyclic) bond motifs is 1. The fraction of sp³-hybridized carbons (Fsp3) is 0.250. The molecule has 0 bridgehead atoms. The summed E-state index contributed by atoms with van der Waals surface area (Å²) in [4.78, 5) is 0. The van der Waals surface area contributed by atoms with Crippen LogP contribution in [-0.4, -0.2) is 16.7 Å². The average Bonchev–Trinajstić information content (AvgIpc) is 2.99. The van der Waals surface area contributed by atoms with Crippen LogP contribution in [0.15, 0.2) is 42.5 Å². The molecule has 0 aliphatic heterocycles. The summed E-state index contributed by atoms with van der Waals surface area (Å²) in [5.41, 5.74) is 0. The molecule has 108 valence electrons. The Morgan fingerprint density at radius 3 is 2.86 bits per heavy atom. The van der Waals surface area contributed by atoms with Gasteiger partial charge in [0.15, 0.2) is 5.01 Å². The molecule has 1 N–H and O–H groups in total. The van der Waals surface area contributed by atoms with Gasteiger partial charge in [0.2, 0.25) is 5.13 Å². The van der Waals surface area contributed by atoms with Gasteiger partial charge >= 0.3 is 0 Å². The van der Waals surface area contributed by atoms with Crippen LogP contribution in [0.25, 0.3) is 10.8 Å². The zero-order chi connectivity index (χ0) is 14.5. The Hall–Kier alpha value is -2.14. The van der Waals surface area contributed by atoms with E-state index in [0.29, 0.717) is 6.61 Å². The maximum absolute atomic E-state index is 5.90. The van der Waals surface area contributed by atoms with Crippen molar-refractivity contribution < 1.29 is 4.74 Å². The first-order valence-corrected chi connectivity index (χ1v) is 7.85. The molecule has 3 aromatic rings. The van der Waals surface area contributed by atoms with Gasteiger partial charge in [0.1, 0.15) is 12.4 Å². The number of hydrogen-bond acceptors (Lipinski definition) is 5. The number of anilines is 1. The van der Waals surface area contributed by atoms with Crippen molar-refractivity contribution in [1.82, 2.24) is 10.2 Å². The van der Waals surface area contributed by atoms with Gasteiger partial charge in [-0.2, -0.15) is 0 Å². The Labute approximate surface area is 127 Å². The smallest absolute Gasteiger partial charge is 0.205 e. The van der Waals surface area contributed by atoms with Crippen LogP contribution in [0.3, 0.4) is 0 Å². The van der Waals surface area contributed by atoms with Gasteiger partial charge < -0.3 is 10.1 Å². The van der Waals surface area contributed by atoms with E-state index < -0.39 is 0 Å². The molecular weight excluding hydrogens is 282 g/mol. The molecule has 0 saturated carbocycles. The highest BCUT2D eigenvalue weighted by molar-refractivity contribution is 7.15. The number of benzene rings is 2. The molecule has 0 amide bonds. The molecule has 0 atom stereocenters. The van der Waals surface area contributed by atoms with Crippen LogP contribution >= 0.6 is 11.3 Å². The molecule has 1 heterocycles. The Kier molecular flexibility index (Phi) is 4.31. The van der Waals surface area contributed by atoms with E-state index in [1.807, 2.05) is 24.3 Å². The third-order valence-electron chi connectivity index (χ3n) is 3.09. The van der Waals surface area contributed by atoms with E-state index in [1.165, 1.54) is 16.7 Å². The summed E-state index contributed by atoms with van der Waals surface area (Å²) in [6.45, 7) is 3.48. The van der Waals surface area contributed by atoms with E-state index in [1.54, 1.807) is 0 Å². The van der Waals surface area contributed by atoms with Crippen LogP contribution in [0.4, 0.5) is 5.13 Å². The monoisotopic (exact) mass is 299 g/mol. The molecule has 1 aromatic heterocycles. The predicted octanol–water partition coefficient (Wildman–Crippen LogP) is 4.09. The van der Waals surface area contributed by atoms with E-state index in [2.05, 4.69) is 40.6 Å². The summed E-state index contributed by atoms with van der Waals surface area (Å²) in [5.74, 6) is 0.881. The van der Waals surface area contributed by atoms with Crippen molar-refractivity contribution in [1.29, 1.82) is 0 Å². The summed E-state index contributed by atoms with van der Waals surface area (Å²) in [7, 11) is 0. The second kappa shape index (κ2) is 6.54. The first-order valence-electron chi connectivity index (χ1n) is 7.03. The fourth-order valence-corrected chi connectivity index (χ4v) is 2.75. The highest BCUT2D eigenvalue weighted by Gasteiger charge is 2.06. The third kappa shape index (κ3) is 3.31. The van der Waals surface area contributed by atoms with E-state index in [0.717, 1.165) is 34.2 Å². The molecule has 0 spiro atoms. The van der Waals surface area contributed by atoms with Crippen LogP contribution in [0.1, 0.15) is 18.4 Å². The van der Waals surface area contributed by atoms with Gasteiger partial charge in [0, 0.05) is 11.9 Å². The van der Waals surface area contributed by atoms with Crippen LogP contribution in [0, 0.1) is 0 Å². The molecule has 2 aromatic carbocycles. The largest absolute Gasteiger partial charge is 0.486 e. The number of nitrogens with one attached hydrogen (secondary N) is 1. The normalized spacial score (nSPS) is 10.7. The average molecular weight is 299 g/mol. The second-order valence-corrected chi connectivity index (χ2v) is 5.76. The minimum Gasteiger partial charge on any atom is -0.486 e. The SMILES string of the molecule is CCCNc1nnc(COc2cccc3ccccc23)s1. The van der Waals surface area contributed by atoms with Crippen LogP contribution < -0.4 is 10.1 Å². The van der Waals surface area contributed by atoms with Crippen LogP contribution in [0.2, 0.25) is 0 Å². The van der Waals surface area contributed by atoms with Crippen molar-refractivity contribution in [3.05, 3.63) is 47.5 Å². The highest BCUT2D eigenvalue weighted by Crippen LogP contribution is 2.26. The second-order valence-electron chi connectivity index (χ2n) is 4.69. The Morgan fingerprint density at radius 2 is 1.95 bits per heavy atom. The van der Waals surface area contributed by atoms with E-state index in [4.69, 9.17) is 4.74 Å². The van der Waals surface area contributed by atoms with Gasteiger partial charge in [-0.3, -0.25) is 0 Å². The number of hydrogen-bond donors (Lipinski definition) is 1. The molecule has 5 heteroatoms. The Bertz CT molecular complexity index is 721. The van der Waals surface area contributed by atoms with Crippen LogP contribution in [-0.2, 0) is 6.61 Å². The van der Waals surface area contributed by atoms with Gasteiger partial charge in [-0.25, -0.2) is 0 Å². The summed E-state index contributed by atoms with van der Waals surface area (Å²) in [6.07, 6.45) is 1.07. The van der Waals surface area contributed by atoms with Gasteiger partial charge in [0.25, 0.3) is 0 Å². The zero-order valence-corrected chi connectivity index (χ0v) is 12.7. The van der Waals surface area contributed by atoms with Gasteiger partial charge in [0.05, 0.1) is 0 Å². The molecule has 4 nitrogen and oxygen atoms in total. The lowest BCUT2D eigenvalue weighted by Gasteiger charge is -2.07. The molecule has 0 saturated heterocycles. The summed E-state index contributed by atoms with van der Waals surface area (Å²) >= 11 is 1.54. The Morgan fingerprint density at radius 1 is 1.10 bits per heavy atom. The first kappa shape index (κ1) is 13.8. The maximum Gasteiger partial charge on any atom is 0.205 e. The molecule has 0 radical (unpaired) electrons. The first-order chi connectivity index (χ1) is 10.4. The third-order valence-corrected chi connectivity index (χ3v) is 3.95. The van der Waals surface area contributed by atoms with Crippen molar-refractivity contribution in [2.24, 2.45) is 0 Å². The standard InChI is InChI=1S/C16H17N3OS/c1-2-10-17-16-19-18-15(21-16)11-20-14-9-5-7-12-6-3-4-8-13(12)14/h3-9H,2,10-11H2,1H3,(H,17,19). The van der Waals surface area contributed by atoms with Crippen molar-refractivity contribution in [3.63, 3.8) is 0 Å². The summed E-state index contributed by atoms with van der Waals surface area (Å²) < 4.78 is 5.90. The maximum atomic E-state index is 5.90. The minimum atomic E-state index is 0.444. The molecule has 0 aliphatic carbocycles. The highest BCUT2D eigenvalue weighted by atomic mass is 32.1. The topological polar surface area (TPSA) is 47.0 Å². The molecule has 0 fully saturated rings. The van der Waals surface area contributed by atoms with Crippen molar-refractivity contribution >= 4 is 27.2 Å². The fourth-order valence-electron chi connectivity index (χ4n) is 2.08. The van der Waals surface area contributed by atoms with Crippen molar-refractivity contribution in [2.75, 3.05) is 11.9 Å². The zero-order valence-electron chi connectivity index (χ0n) is 11.9. The lowest BCUT2D eigenvalue weighted by atomic mass is 10.1. The van der Waals surface area contributed by atoms with E-state index in [9.17, 15) is 0 Å². The number of aromatic nitrogens is 2. The minimum absolute atomic E-state index is 0.444. The number of ether oxygens (including phenoxy) is 1. The molecule has 21 heavy (non-hydrogen) atoms. The van der Waals surface area contributed by atoms with Crippen molar-refractivity contribution in [2.45, 2.75) is 20.0 Å². The lowest BCUT2D eigenvalue weighted by Crippen LogP contribution is -1.98. The number of rotatable bonds is 6. The molecule has 0 aliphatic rings. The molecular formula is C16H17N3OS. The van der Waals surface area contributed by atoms with Gasteiger partial charge in [-0.05, 0) is 17.9 Å².